The van der Waals surface area contributed by atoms with Crippen molar-refractivity contribution in [1.29, 1.82) is 0 Å². The van der Waals surface area contributed by atoms with Gasteiger partial charge in [0.05, 0.1) is 24.6 Å². The highest BCUT2D eigenvalue weighted by Crippen LogP contribution is 2.25. The molecule has 0 fully saturated rings. The number of anilines is 1. The number of benzene rings is 2. The van der Waals surface area contributed by atoms with Crippen LogP contribution in [-0.2, 0) is 9.47 Å². The van der Waals surface area contributed by atoms with Gasteiger partial charge in [0.15, 0.2) is 0 Å². The van der Waals surface area contributed by atoms with Gasteiger partial charge in [-0.25, -0.2) is 15.0 Å². The summed E-state index contributed by atoms with van der Waals surface area (Å²) in [6.07, 6.45) is -1.46. The number of nitrogens with zero attached hydrogens (tertiary/aromatic N) is 1. The summed E-state index contributed by atoms with van der Waals surface area (Å²) in [5.74, 6) is 0. The van der Waals surface area contributed by atoms with Gasteiger partial charge in [-0.3, -0.25) is 0 Å². The summed E-state index contributed by atoms with van der Waals surface area (Å²) in [5.41, 5.74) is 6.30. The molecule has 2 aromatic rings. The van der Waals surface area contributed by atoms with Crippen LogP contribution in [0.1, 0.15) is 31.9 Å². The molecule has 154 valence electrons. The van der Waals surface area contributed by atoms with E-state index in [4.69, 9.17) is 9.47 Å². The Morgan fingerprint density at radius 1 is 0.931 bits per heavy atom. The molecule has 0 aliphatic rings. The van der Waals surface area contributed by atoms with E-state index < -0.39 is 12.2 Å². The molecule has 29 heavy (non-hydrogen) atoms. The number of hydrogen-bond donors (Lipinski definition) is 2. The summed E-state index contributed by atoms with van der Waals surface area (Å²) in [5, 5.41) is 4.43. The Morgan fingerprint density at radius 2 is 1.55 bits per heavy atom. The molecule has 0 unspecified atom stereocenters. The van der Waals surface area contributed by atoms with Crippen LogP contribution in [0.3, 0.4) is 0 Å². The SMILES string of the molecule is CCOC(=O)NN(C(=O)OCC)/C(C)=C(\Nc1ccccc1C)c1ccccc1. The maximum Gasteiger partial charge on any atom is 0.433 e. The maximum absolute atomic E-state index is 12.6. The number of ether oxygens (including phenoxy) is 2. The molecular formula is C22H27N3O4. The van der Waals surface area contributed by atoms with E-state index in [1.54, 1.807) is 20.8 Å². The van der Waals surface area contributed by atoms with E-state index in [0.717, 1.165) is 21.8 Å². The van der Waals surface area contributed by atoms with Crippen LogP contribution in [0.5, 0.6) is 0 Å². The standard InChI is InChI=1S/C22H27N3O4/c1-5-28-21(26)24-25(22(27)29-6-2)17(4)20(18-13-8-7-9-14-18)23-19-15-11-10-12-16(19)3/h7-15,23H,5-6H2,1-4H3,(H,24,26)/b20-17-. The average molecular weight is 397 g/mol. The Balaban J connectivity index is 2.53. The fourth-order valence-electron chi connectivity index (χ4n) is 2.65. The van der Waals surface area contributed by atoms with Crippen LogP contribution in [0, 0.1) is 6.92 Å². The summed E-state index contributed by atoms with van der Waals surface area (Å²) in [7, 11) is 0. The Hall–Kier alpha value is -3.48. The van der Waals surface area contributed by atoms with E-state index in [9.17, 15) is 9.59 Å². The van der Waals surface area contributed by atoms with Crippen LogP contribution in [0.25, 0.3) is 5.70 Å². The summed E-state index contributed by atoms with van der Waals surface area (Å²) in [6, 6.07) is 17.3. The molecule has 0 spiro atoms. The van der Waals surface area contributed by atoms with Crippen LogP contribution in [0.4, 0.5) is 15.3 Å². The molecule has 0 atom stereocenters. The molecule has 2 N–H and O–H groups in total. The number of amides is 2. The van der Waals surface area contributed by atoms with Crippen molar-refractivity contribution < 1.29 is 19.1 Å². The number of carbonyl (C=O) groups excluding carboxylic acids is 2. The van der Waals surface area contributed by atoms with Crippen LogP contribution >= 0.6 is 0 Å². The number of aryl methyl sites for hydroxylation is 1. The van der Waals surface area contributed by atoms with Crippen LogP contribution in [0.15, 0.2) is 60.3 Å². The number of allylic oxidation sites excluding steroid dienone is 1. The van der Waals surface area contributed by atoms with Crippen molar-refractivity contribution in [2.24, 2.45) is 0 Å². The molecule has 0 heterocycles. The third-order valence-electron chi connectivity index (χ3n) is 4.09. The van der Waals surface area contributed by atoms with Gasteiger partial charge in [0.1, 0.15) is 0 Å². The van der Waals surface area contributed by atoms with Crippen molar-refractivity contribution >= 4 is 23.6 Å². The van der Waals surface area contributed by atoms with Crippen molar-refractivity contribution in [3.63, 3.8) is 0 Å². The predicted octanol–water partition coefficient (Wildman–Crippen LogP) is 4.92. The van der Waals surface area contributed by atoms with Crippen LogP contribution in [-0.4, -0.2) is 30.4 Å². The van der Waals surface area contributed by atoms with Crippen LogP contribution < -0.4 is 10.7 Å². The molecule has 7 heteroatoms. The number of para-hydroxylation sites is 1. The summed E-state index contributed by atoms with van der Waals surface area (Å²) >= 11 is 0. The molecule has 0 aliphatic heterocycles. The molecule has 0 aromatic heterocycles. The third-order valence-corrected chi connectivity index (χ3v) is 4.09. The largest absolute Gasteiger partial charge is 0.449 e. The molecule has 7 nitrogen and oxygen atoms in total. The van der Waals surface area contributed by atoms with Crippen molar-refractivity contribution in [3.8, 4) is 0 Å². The van der Waals surface area contributed by atoms with E-state index in [2.05, 4.69) is 10.7 Å². The van der Waals surface area contributed by atoms with E-state index in [-0.39, 0.29) is 13.2 Å². The van der Waals surface area contributed by atoms with Gasteiger partial charge < -0.3 is 14.8 Å². The second-order valence-electron chi connectivity index (χ2n) is 6.13. The van der Waals surface area contributed by atoms with Gasteiger partial charge in [-0.05, 0) is 44.9 Å². The highest BCUT2D eigenvalue weighted by molar-refractivity contribution is 5.84. The molecule has 0 saturated heterocycles. The van der Waals surface area contributed by atoms with Gasteiger partial charge in [0, 0.05) is 5.69 Å². The number of carbonyl (C=O) groups is 2. The molecule has 0 saturated carbocycles. The zero-order valence-corrected chi connectivity index (χ0v) is 17.2. The molecule has 0 radical (unpaired) electrons. The van der Waals surface area contributed by atoms with Crippen LogP contribution in [0.2, 0.25) is 0 Å². The molecule has 2 amide bonds. The van der Waals surface area contributed by atoms with Gasteiger partial charge in [-0.1, -0.05) is 48.5 Å². The van der Waals surface area contributed by atoms with Crippen molar-refractivity contribution in [1.82, 2.24) is 10.4 Å². The van der Waals surface area contributed by atoms with Gasteiger partial charge in [0.25, 0.3) is 0 Å². The Morgan fingerprint density at radius 3 is 2.17 bits per heavy atom. The van der Waals surface area contributed by atoms with Crippen molar-refractivity contribution in [3.05, 3.63) is 71.4 Å². The average Bonchev–Trinajstić information content (AvgIpc) is 2.72. The molecule has 2 rings (SSSR count). The first-order valence-corrected chi connectivity index (χ1v) is 9.47. The minimum atomic E-state index is -0.747. The first-order chi connectivity index (χ1) is 14.0. The molecular weight excluding hydrogens is 370 g/mol. The number of rotatable bonds is 6. The monoisotopic (exact) mass is 397 g/mol. The lowest BCUT2D eigenvalue weighted by atomic mass is 10.1. The fraction of sp³-hybridized carbons (Fsp3) is 0.273. The Bertz CT molecular complexity index is 865. The van der Waals surface area contributed by atoms with Gasteiger partial charge >= 0.3 is 12.2 Å². The van der Waals surface area contributed by atoms with Gasteiger partial charge in [-0.15, -0.1) is 0 Å². The molecule has 0 aliphatic carbocycles. The lowest BCUT2D eigenvalue weighted by molar-refractivity contribution is 0.0879. The fourth-order valence-corrected chi connectivity index (χ4v) is 2.65. The lowest BCUT2D eigenvalue weighted by Gasteiger charge is -2.26. The summed E-state index contributed by atoms with van der Waals surface area (Å²) in [6.45, 7) is 7.43. The quantitative estimate of drug-likeness (QED) is 0.677. The minimum absolute atomic E-state index is 0.166. The van der Waals surface area contributed by atoms with Crippen molar-refractivity contribution in [2.45, 2.75) is 27.7 Å². The van der Waals surface area contributed by atoms with Gasteiger partial charge in [-0.2, -0.15) is 5.01 Å². The Kier molecular flexibility index (Phi) is 8.09. The second kappa shape index (κ2) is 10.8. The predicted molar refractivity (Wildman–Crippen MR) is 113 cm³/mol. The number of hydrazine groups is 1. The molecule has 2 aromatic carbocycles. The van der Waals surface area contributed by atoms with E-state index in [1.165, 1.54) is 0 Å². The number of nitrogens with one attached hydrogen (secondary N) is 2. The highest BCUT2D eigenvalue weighted by Gasteiger charge is 2.23. The maximum atomic E-state index is 12.6. The summed E-state index contributed by atoms with van der Waals surface area (Å²) in [4.78, 5) is 24.6. The Labute approximate surface area is 171 Å². The normalized spacial score (nSPS) is 11.2. The lowest BCUT2D eigenvalue weighted by Crippen LogP contribution is -2.46. The van der Waals surface area contributed by atoms with E-state index in [0.29, 0.717) is 11.4 Å². The first kappa shape index (κ1) is 21.8. The van der Waals surface area contributed by atoms with Gasteiger partial charge in [0.2, 0.25) is 0 Å². The first-order valence-electron chi connectivity index (χ1n) is 9.47. The minimum Gasteiger partial charge on any atom is -0.449 e. The highest BCUT2D eigenvalue weighted by atomic mass is 16.6. The summed E-state index contributed by atoms with van der Waals surface area (Å²) < 4.78 is 10.1. The molecule has 0 bridgehead atoms. The van der Waals surface area contributed by atoms with E-state index >= 15 is 0 Å². The van der Waals surface area contributed by atoms with Crippen molar-refractivity contribution in [2.75, 3.05) is 18.5 Å². The smallest absolute Gasteiger partial charge is 0.433 e. The third kappa shape index (κ3) is 6.00. The second-order valence-corrected chi connectivity index (χ2v) is 6.13. The zero-order valence-electron chi connectivity index (χ0n) is 17.2. The topological polar surface area (TPSA) is 79.9 Å². The van der Waals surface area contributed by atoms with E-state index in [1.807, 2.05) is 61.5 Å². The zero-order chi connectivity index (χ0) is 21.2. The number of hydrogen-bond acceptors (Lipinski definition) is 5.